The lowest BCUT2D eigenvalue weighted by Crippen LogP contribution is -2.36. The molecule has 1 aliphatic carbocycles. The number of carbonyl (C=O) groups excluding carboxylic acids is 3. The van der Waals surface area contributed by atoms with E-state index in [-0.39, 0.29) is 27.8 Å². The summed E-state index contributed by atoms with van der Waals surface area (Å²) in [6.07, 6.45) is 3.27. The van der Waals surface area contributed by atoms with Gasteiger partial charge in [-0.25, -0.2) is 18.2 Å². The molecule has 1 aromatic carbocycles. The molecule has 2 atom stereocenters. The van der Waals surface area contributed by atoms with E-state index >= 15 is 0 Å². The number of esters is 1. The van der Waals surface area contributed by atoms with E-state index in [1.165, 1.54) is 17.0 Å². The van der Waals surface area contributed by atoms with Gasteiger partial charge in [0.1, 0.15) is 0 Å². The molecule has 0 spiro atoms. The maximum Gasteiger partial charge on any atom is 0.397 e. The minimum Gasteiger partial charge on any atom is -0.459 e. The van der Waals surface area contributed by atoms with Crippen LogP contribution in [0.5, 0.6) is 0 Å². The molecule has 2 aromatic rings. The lowest BCUT2D eigenvalue weighted by Gasteiger charge is -2.21. The van der Waals surface area contributed by atoms with Crippen LogP contribution in [0.4, 0.5) is 9.52 Å². The third-order valence-electron chi connectivity index (χ3n) is 6.19. The van der Waals surface area contributed by atoms with Crippen LogP contribution in [0.15, 0.2) is 35.4 Å². The summed E-state index contributed by atoms with van der Waals surface area (Å²) in [6, 6.07) is 6.27. The predicted octanol–water partition coefficient (Wildman–Crippen LogP) is 2.74. The smallest absolute Gasteiger partial charge is 0.397 e. The van der Waals surface area contributed by atoms with Crippen LogP contribution in [0, 0.1) is 11.0 Å². The number of hydrogen-bond acceptors (Lipinski definition) is 8. The van der Waals surface area contributed by atoms with Gasteiger partial charge in [-0.1, -0.05) is 23.5 Å². The van der Waals surface area contributed by atoms with Gasteiger partial charge in [-0.2, -0.15) is 4.39 Å². The molecule has 1 saturated carbocycles. The van der Waals surface area contributed by atoms with Crippen LogP contribution in [-0.4, -0.2) is 61.0 Å². The summed E-state index contributed by atoms with van der Waals surface area (Å²) < 4.78 is 43.2. The number of nitrogens with zero attached hydrogens (tertiary/aromatic N) is 2. The second-order valence-corrected chi connectivity index (χ2v) is 11.9. The third-order valence-corrected chi connectivity index (χ3v) is 9.17. The molecule has 35 heavy (non-hydrogen) atoms. The number of nitrogens with one attached hydrogen (secondary N) is 1. The average molecular weight is 524 g/mol. The third kappa shape index (κ3) is 5.87. The number of amides is 2. The van der Waals surface area contributed by atoms with Gasteiger partial charge in [-0.05, 0) is 56.2 Å². The van der Waals surface area contributed by atoms with E-state index in [1.807, 2.05) is 0 Å². The highest BCUT2D eigenvalue weighted by atomic mass is 32.2. The highest BCUT2D eigenvalue weighted by Crippen LogP contribution is 2.35. The largest absolute Gasteiger partial charge is 0.459 e. The van der Waals surface area contributed by atoms with Crippen LogP contribution >= 0.6 is 11.3 Å². The van der Waals surface area contributed by atoms with Gasteiger partial charge in [0.15, 0.2) is 20.1 Å². The Bertz CT molecular complexity index is 1210. The first kappa shape index (κ1) is 25.2. The molecule has 4 rings (SSSR count). The fraction of sp³-hybridized carbons (Fsp3) is 0.478. The van der Waals surface area contributed by atoms with E-state index in [0.717, 1.165) is 6.20 Å². The molecule has 9 nitrogen and oxygen atoms in total. The van der Waals surface area contributed by atoms with Crippen molar-refractivity contribution in [3.05, 3.63) is 41.2 Å². The van der Waals surface area contributed by atoms with E-state index in [9.17, 15) is 27.2 Å². The number of rotatable bonds is 8. The van der Waals surface area contributed by atoms with Gasteiger partial charge >= 0.3 is 11.9 Å². The second kappa shape index (κ2) is 10.4. The van der Waals surface area contributed by atoms with Crippen molar-refractivity contribution in [2.75, 3.05) is 25.0 Å². The van der Waals surface area contributed by atoms with Crippen LogP contribution in [0.25, 0.3) is 0 Å². The Morgan fingerprint density at radius 1 is 1.23 bits per heavy atom. The van der Waals surface area contributed by atoms with Crippen LogP contribution in [0.3, 0.4) is 0 Å². The topological polar surface area (TPSA) is 123 Å². The van der Waals surface area contributed by atoms with E-state index < -0.39 is 38.7 Å². The zero-order valence-corrected chi connectivity index (χ0v) is 20.7. The quantitative estimate of drug-likeness (QED) is 0.417. The summed E-state index contributed by atoms with van der Waals surface area (Å²) in [4.78, 5) is 42.7. The van der Waals surface area contributed by atoms with Gasteiger partial charge in [-0.15, -0.1) is 0 Å². The first-order valence-corrected chi connectivity index (χ1v) is 13.8. The van der Waals surface area contributed by atoms with Gasteiger partial charge < -0.3 is 15.0 Å². The molecule has 1 aromatic heterocycles. The zero-order valence-electron chi connectivity index (χ0n) is 19.1. The first-order chi connectivity index (χ1) is 16.7. The molecule has 2 fully saturated rings. The van der Waals surface area contributed by atoms with Gasteiger partial charge in [0.2, 0.25) is 5.91 Å². The molecule has 188 valence electrons. The van der Waals surface area contributed by atoms with Gasteiger partial charge in [0.05, 0.1) is 28.9 Å². The Balaban J connectivity index is 1.51. The van der Waals surface area contributed by atoms with Crippen LogP contribution < -0.4 is 5.32 Å². The predicted molar refractivity (Wildman–Crippen MR) is 126 cm³/mol. The lowest BCUT2D eigenvalue weighted by atomic mass is 9.87. The summed E-state index contributed by atoms with van der Waals surface area (Å²) in [5.41, 5.74) is 0.601. The molecule has 1 saturated heterocycles. The number of halogens is 1. The lowest BCUT2D eigenvalue weighted by molar-refractivity contribution is -0.159. The van der Waals surface area contributed by atoms with Crippen molar-refractivity contribution in [1.29, 1.82) is 0 Å². The molecule has 1 aliphatic heterocycles. The highest BCUT2D eigenvalue weighted by Gasteiger charge is 2.37. The number of ether oxygens (including phenoxy) is 1. The summed E-state index contributed by atoms with van der Waals surface area (Å²) >= 11 is 0.706. The number of likely N-dealkylation sites (tertiary alicyclic amines) is 1. The molecular formula is C23H26FN3O6S2. The van der Waals surface area contributed by atoms with Crippen molar-refractivity contribution in [2.45, 2.75) is 48.7 Å². The molecule has 0 bridgehead atoms. The molecule has 12 heteroatoms. The standard InChI is InChI=1S/C23H26FN3O6S2/c1-2-33-22(30)21(29)27-10-9-14(13-27)11-18(20(28)26-23-25-12-19(24)34-23)15-3-5-16(6-4-15)35(31,32)17-7-8-17/h3-6,12,14,17-18H,2,7-11,13H2,1H3,(H,25,26,28). The molecule has 2 amide bonds. The van der Waals surface area contributed by atoms with E-state index in [4.69, 9.17) is 4.74 Å². The number of thiazole rings is 1. The van der Waals surface area contributed by atoms with Gasteiger partial charge in [0, 0.05) is 13.1 Å². The van der Waals surface area contributed by atoms with Crippen molar-refractivity contribution in [1.82, 2.24) is 9.88 Å². The maximum atomic E-state index is 13.4. The van der Waals surface area contributed by atoms with E-state index in [2.05, 4.69) is 10.3 Å². The molecule has 0 radical (unpaired) electrons. The normalized spacial score (nSPS) is 18.8. The van der Waals surface area contributed by atoms with Crippen LogP contribution in [0.2, 0.25) is 0 Å². The number of anilines is 1. The average Bonchev–Trinajstić information content (AvgIpc) is 3.48. The summed E-state index contributed by atoms with van der Waals surface area (Å²) in [5, 5.41) is 1.88. The number of benzene rings is 1. The van der Waals surface area contributed by atoms with Crippen molar-refractivity contribution < 1.29 is 31.9 Å². The molecule has 2 heterocycles. The summed E-state index contributed by atoms with van der Waals surface area (Å²) in [5.74, 6) is -2.79. The van der Waals surface area contributed by atoms with Crippen molar-refractivity contribution in [3.63, 3.8) is 0 Å². The Labute approximate surface area is 206 Å². The van der Waals surface area contributed by atoms with Crippen molar-refractivity contribution >= 4 is 44.1 Å². The number of hydrogen-bond donors (Lipinski definition) is 1. The monoisotopic (exact) mass is 523 g/mol. The second-order valence-electron chi connectivity index (χ2n) is 8.69. The minimum atomic E-state index is -3.36. The zero-order chi connectivity index (χ0) is 25.2. The highest BCUT2D eigenvalue weighted by molar-refractivity contribution is 7.92. The van der Waals surface area contributed by atoms with Gasteiger partial charge in [-0.3, -0.25) is 9.59 Å². The maximum absolute atomic E-state index is 13.4. The van der Waals surface area contributed by atoms with E-state index in [1.54, 1.807) is 19.1 Å². The number of carbonyl (C=O) groups is 3. The van der Waals surface area contributed by atoms with Crippen molar-refractivity contribution in [2.24, 2.45) is 5.92 Å². The minimum absolute atomic E-state index is 0.0768. The van der Waals surface area contributed by atoms with Crippen LogP contribution in [-0.2, 0) is 29.0 Å². The SMILES string of the molecule is CCOC(=O)C(=O)N1CCC(CC(C(=O)Nc2ncc(F)s2)c2ccc(S(=O)(=O)C3CC3)cc2)C1. The Morgan fingerprint density at radius 3 is 2.54 bits per heavy atom. The Morgan fingerprint density at radius 2 is 1.94 bits per heavy atom. The molecular weight excluding hydrogens is 497 g/mol. The number of aromatic nitrogens is 1. The van der Waals surface area contributed by atoms with E-state index in [0.29, 0.717) is 55.7 Å². The Kier molecular flexibility index (Phi) is 7.50. The number of sulfone groups is 1. The fourth-order valence-electron chi connectivity index (χ4n) is 4.22. The van der Waals surface area contributed by atoms with Gasteiger partial charge in [0.25, 0.3) is 0 Å². The molecule has 1 N–H and O–H groups in total. The first-order valence-electron chi connectivity index (χ1n) is 11.4. The summed E-state index contributed by atoms with van der Waals surface area (Å²) in [7, 11) is -3.36. The fourth-order valence-corrected chi connectivity index (χ4v) is 6.43. The Hall–Kier alpha value is -2.86. The molecule has 2 unspecified atom stereocenters. The molecule has 2 aliphatic rings. The van der Waals surface area contributed by atoms with Crippen molar-refractivity contribution in [3.8, 4) is 0 Å². The summed E-state index contributed by atoms with van der Waals surface area (Å²) in [6.45, 7) is 2.39. The van der Waals surface area contributed by atoms with Crippen LogP contribution in [0.1, 0.15) is 44.1 Å².